The number of fused-ring (bicyclic) bond motifs is 1. The first-order valence-corrected chi connectivity index (χ1v) is 13.8. The zero-order valence-electron chi connectivity index (χ0n) is 20.3. The van der Waals surface area contributed by atoms with Crippen molar-refractivity contribution in [3.05, 3.63) is 63.6 Å². The van der Waals surface area contributed by atoms with Crippen LogP contribution < -0.4 is 5.32 Å². The van der Waals surface area contributed by atoms with Gasteiger partial charge in [-0.15, -0.1) is 0 Å². The van der Waals surface area contributed by atoms with Crippen LogP contribution in [-0.4, -0.2) is 54.5 Å². The van der Waals surface area contributed by atoms with Crippen LogP contribution in [0.15, 0.2) is 47.4 Å². The molecular formula is C25H29Cl2N3O5S. The smallest absolute Gasteiger partial charge is 0.269 e. The molecule has 0 fully saturated rings. The van der Waals surface area contributed by atoms with Crippen molar-refractivity contribution < 1.29 is 22.8 Å². The molecule has 0 unspecified atom stereocenters. The molecule has 11 heteroatoms. The van der Waals surface area contributed by atoms with Crippen molar-refractivity contribution in [3.8, 4) is 0 Å². The van der Waals surface area contributed by atoms with Gasteiger partial charge in [-0.2, -0.15) is 0 Å². The van der Waals surface area contributed by atoms with Crippen molar-refractivity contribution in [3.63, 3.8) is 0 Å². The van der Waals surface area contributed by atoms with E-state index in [1.807, 2.05) is 13.8 Å². The summed E-state index contributed by atoms with van der Waals surface area (Å²) < 4.78 is 26.5. The van der Waals surface area contributed by atoms with Crippen LogP contribution >= 0.6 is 23.2 Å². The SMILES string of the molecule is CC[C@@H](C(=O)NCC(C)C)N(Cc1ccc(Cl)cc1Cl)C(=O)CCN1C(=O)c2ccccc2S1(=O)=O. The molecule has 1 N–H and O–H groups in total. The quantitative estimate of drug-likeness (QED) is 0.476. The molecule has 1 atom stereocenters. The Hall–Kier alpha value is -2.62. The summed E-state index contributed by atoms with van der Waals surface area (Å²) in [6, 6.07) is 9.98. The molecule has 0 spiro atoms. The Labute approximate surface area is 221 Å². The Morgan fingerprint density at radius 1 is 1.11 bits per heavy atom. The predicted molar refractivity (Wildman–Crippen MR) is 138 cm³/mol. The van der Waals surface area contributed by atoms with E-state index in [0.29, 0.717) is 32.9 Å². The Morgan fingerprint density at radius 3 is 2.42 bits per heavy atom. The third-order valence-corrected chi connectivity index (χ3v) is 8.29. The van der Waals surface area contributed by atoms with Crippen molar-refractivity contribution >= 4 is 50.9 Å². The first-order chi connectivity index (χ1) is 17.0. The average Bonchev–Trinajstić information content (AvgIpc) is 3.02. The van der Waals surface area contributed by atoms with Crippen LogP contribution in [0.25, 0.3) is 0 Å². The lowest BCUT2D eigenvalue weighted by molar-refractivity contribution is -0.141. The molecule has 194 valence electrons. The van der Waals surface area contributed by atoms with Gasteiger partial charge in [-0.1, -0.05) is 62.2 Å². The van der Waals surface area contributed by atoms with E-state index in [2.05, 4.69) is 5.32 Å². The summed E-state index contributed by atoms with van der Waals surface area (Å²) in [7, 11) is -4.05. The second kappa shape index (κ2) is 11.6. The number of carbonyl (C=O) groups is 3. The minimum absolute atomic E-state index is 0.0172. The van der Waals surface area contributed by atoms with E-state index in [1.54, 1.807) is 31.2 Å². The number of carbonyl (C=O) groups excluding carboxylic acids is 3. The minimum Gasteiger partial charge on any atom is -0.354 e. The summed E-state index contributed by atoms with van der Waals surface area (Å²) in [4.78, 5) is 40.5. The molecule has 36 heavy (non-hydrogen) atoms. The number of benzene rings is 2. The van der Waals surface area contributed by atoms with Gasteiger partial charge in [0.1, 0.15) is 10.9 Å². The number of rotatable bonds is 10. The van der Waals surface area contributed by atoms with E-state index in [-0.39, 0.29) is 41.8 Å². The van der Waals surface area contributed by atoms with E-state index < -0.39 is 27.9 Å². The minimum atomic E-state index is -4.05. The highest BCUT2D eigenvalue weighted by Crippen LogP contribution is 2.30. The van der Waals surface area contributed by atoms with Crippen molar-refractivity contribution in [2.75, 3.05) is 13.1 Å². The highest BCUT2D eigenvalue weighted by atomic mass is 35.5. The molecule has 1 aliphatic rings. The fraction of sp³-hybridized carbons (Fsp3) is 0.400. The fourth-order valence-corrected chi connectivity index (χ4v) is 6.01. The number of hydrogen-bond acceptors (Lipinski definition) is 5. The van der Waals surface area contributed by atoms with Crippen LogP contribution in [0.5, 0.6) is 0 Å². The van der Waals surface area contributed by atoms with Gasteiger partial charge in [0.15, 0.2) is 0 Å². The van der Waals surface area contributed by atoms with Crippen molar-refractivity contribution in [2.24, 2.45) is 5.92 Å². The summed E-state index contributed by atoms with van der Waals surface area (Å²) in [5, 5.41) is 3.63. The van der Waals surface area contributed by atoms with E-state index >= 15 is 0 Å². The standard InChI is InChI=1S/C25H29Cl2N3O5S/c1-4-21(24(32)28-14-16(2)3)29(15-17-9-10-18(26)13-20(17)27)23(31)11-12-30-25(33)19-7-5-6-8-22(19)36(30,34)35/h5-10,13,16,21H,4,11-12,14-15H2,1-3H3,(H,28,32)/t21-/m0/s1. The van der Waals surface area contributed by atoms with Gasteiger partial charge in [0.2, 0.25) is 11.8 Å². The zero-order valence-corrected chi connectivity index (χ0v) is 22.7. The molecule has 2 aromatic rings. The Balaban J connectivity index is 1.85. The topological polar surface area (TPSA) is 104 Å². The lowest BCUT2D eigenvalue weighted by Gasteiger charge is -2.31. The monoisotopic (exact) mass is 553 g/mol. The van der Waals surface area contributed by atoms with Gasteiger partial charge < -0.3 is 10.2 Å². The lowest BCUT2D eigenvalue weighted by atomic mass is 10.1. The van der Waals surface area contributed by atoms with Gasteiger partial charge >= 0.3 is 0 Å². The van der Waals surface area contributed by atoms with Crippen LogP contribution in [0.1, 0.15) is 49.5 Å². The van der Waals surface area contributed by atoms with Gasteiger partial charge in [-0.05, 0) is 42.2 Å². The summed E-state index contributed by atoms with van der Waals surface area (Å²) in [6.45, 7) is 5.82. The maximum Gasteiger partial charge on any atom is 0.269 e. The van der Waals surface area contributed by atoms with E-state index in [4.69, 9.17) is 23.2 Å². The van der Waals surface area contributed by atoms with E-state index in [9.17, 15) is 22.8 Å². The Morgan fingerprint density at radius 2 is 1.81 bits per heavy atom. The van der Waals surface area contributed by atoms with Gasteiger partial charge in [-0.25, -0.2) is 12.7 Å². The first kappa shape index (κ1) is 28.0. The highest BCUT2D eigenvalue weighted by Gasteiger charge is 2.41. The van der Waals surface area contributed by atoms with Crippen molar-refractivity contribution in [2.45, 2.75) is 51.1 Å². The van der Waals surface area contributed by atoms with Gasteiger partial charge in [-0.3, -0.25) is 14.4 Å². The van der Waals surface area contributed by atoms with Crippen LogP contribution in [0, 0.1) is 5.92 Å². The van der Waals surface area contributed by atoms with Gasteiger partial charge in [0, 0.05) is 36.1 Å². The van der Waals surface area contributed by atoms with Crippen LogP contribution in [0.2, 0.25) is 10.0 Å². The Kier molecular flexibility index (Phi) is 9.03. The molecule has 0 aliphatic carbocycles. The van der Waals surface area contributed by atoms with Crippen molar-refractivity contribution in [1.29, 1.82) is 0 Å². The molecule has 2 aromatic carbocycles. The number of nitrogens with zero attached hydrogens (tertiary/aromatic N) is 2. The first-order valence-electron chi connectivity index (χ1n) is 11.6. The molecule has 8 nitrogen and oxygen atoms in total. The number of sulfonamides is 1. The molecular weight excluding hydrogens is 525 g/mol. The maximum atomic E-state index is 13.5. The van der Waals surface area contributed by atoms with E-state index in [1.165, 1.54) is 23.1 Å². The number of halogens is 2. The molecule has 0 radical (unpaired) electrons. The van der Waals surface area contributed by atoms with E-state index in [0.717, 1.165) is 0 Å². The Bertz CT molecular complexity index is 1270. The average molecular weight is 554 g/mol. The highest BCUT2D eigenvalue weighted by molar-refractivity contribution is 7.90. The molecule has 1 heterocycles. The normalized spacial score (nSPS) is 15.1. The van der Waals surface area contributed by atoms with Crippen molar-refractivity contribution in [1.82, 2.24) is 14.5 Å². The molecule has 0 bridgehead atoms. The number of hydrogen-bond donors (Lipinski definition) is 1. The fourth-order valence-electron chi connectivity index (χ4n) is 3.97. The summed E-state index contributed by atoms with van der Waals surface area (Å²) >= 11 is 12.3. The molecule has 3 rings (SSSR count). The third-order valence-electron chi connectivity index (χ3n) is 5.87. The largest absolute Gasteiger partial charge is 0.354 e. The predicted octanol–water partition coefficient (Wildman–Crippen LogP) is 4.11. The summed E-state index contributed by atoms with van der Waals surface area (Å²) in [5.41, 5.74) is 0.663. The molecule has 1 aliphatic heterocycles. The lowest BCUT2D eigenvalue weighted by Crippen LogP contribution is -2.50. The number of nitrogens with one attached hydrogen (secondary N) is 1. The third kappa shape index (κ3) is 6.02. The molecule has 0 saturated carbocycles. The van der Waals surface area contributed by atoms with Gasteiger partial charge in [0.25, 0.3) is 15.9 Å². The van der Waals surface area contributed by atoms with Crippen LogP contribution in [0.3, 0.4) is 0 Å². The molecule has 0 aromatic heterocycles. The maximum absolute atomic E-state index is 13.5. The number of amides is 3. The van der Waals surface area contributed by atoms with Crippen LogP contribution in [-0.2, 0) is 26.2 Å². The summed E-state index contributed by atoms with van der Waals surface area (Å²) in [5.74, 6) is -1.25. The zero-order chi connectivity index (χ0) is 26.6. The van der Waals surface area contributed by atoms with Crippen LogP contribution in [0.4, 0.5) is 0 Å². The van der Waals surface area contributed by atoms with Gasteiger partial charge in [0.05, 0.1) is 5.56 Å². The summed E-state index contributed by atoms with van der Waals surface area (Å²) in [6.07, 6.45) is 0.0331. The second-order valence-electron chi connectivity index (χ2n) is 8.95. The second-order valence-corrected chi connectivity index (χ2v) is 11.6. The molecule has 0 saturated heterocycles. The molecule has 3 amide bonds.